The Bertz CT molecular complexity index is 560. The summed E-state index contributed by atoms with van der Waals surface area (Å²) in [7, 11) is 0. The minimum atomic E-state index is -0.350. The number of hydroxylamine groups is 1. The highest BCUT2D eigenvalue weighted by Gasteiger charge is 2.20. The van der Waals surface area contributed by atoms with E-state index >= 15 is 0 Å². The highest BCUT2D eigenvalue weighted by atomic mass is 16.5. The number of amides is 2. The van der Waals surface area contributed by atoms with E-state index in [9.17, 15) is 9.59 Å². The van der Waals surface area contributed by atoms with E-state index in [0.717, 1.165) is 55.6 Å². The lowest BCUT2D eigenvalue weighted by Crippen LogP contribution is -2.36. The van der Waals surface area contributed by atoms with Crippen LogP contribution in [-0.4, -0.2) is 33.5 Å². The molecule has 0 radical (unpaired) electrons. The Morgan fingerprint density at radius 3 is 2.70 bits per heavy atom. The molecule has 1 aromatic heterocycles. The van der Waals surface area contributed by atoms with Gasteiger partial charge in [0.2, 0.25) is 11.8 Å². The first kappa shape index (κ1) is 17.4. The van der Waals surface area contributed by atoms with Crippen LogP contribution in [0.4, 0.5) is 0 Å². The lowest BCUT2D eigenvalue weighted by molar-refractivity contribution is -0.132. The van der Waals surface area contributed by atoms with Crippen LogP contribution in [0.5, 0.6) is 0 Å². The van der Waals surface area contributed by atoms with Crippen LogP contribution in [-0.2, 0) is 22.6 Å². The Kier molecular flexibility index (Phi) is 6.52. The molecule has 23 heavy (non-hydrogen) atoms. The lowest BCUT2D eigenvalue weighted by atomic mass is 10.0. The van der Waals surface area contributed by atoms with Crippen molar-refractivity contribution in [1.82, 2.24) is 15.4 Å². The Morgan fingerprint density at radius 1 is 1.22 bits per heavy atom. The molecule has 2 amide bonds. The highest BCUT2D eigenvalue weighted by molar-refractivity contribution is 5.76. The molecule has 0 atom stereocenters. The number of carbonyl (C=O) groups excluding carboxylic acids is 2. The Hall–Kier alpha value is -1.95. The van der Waals surface area contributed by atoms with E-state index in [1.54, 1.807) is 5.48 Å². The maximum Gasteiger partial charge on any atom is 0.243 e. The maximum absolute atomic E-state index is 12.3. The van der Waals surface area contributed by atoms with Gasteiger partial charge in [0, 0.05) is 43.7 Å². The van der Waals surface area contributed by atoms with Crippen LogP contribution in [0.1, 0.15) is 55.5 Å². The molecule has 6 heteroatoms. The molecule has 1 aliphatic rings. The van der Waals surface area contributed by atoms with Gasteiger partial charge in [0.1, 0.15) is 0 Å². The Morgan fingerprint density at radius 2 is 1.96 bits per heavy atom. The van der Waals surface area contributed by atoms with Crippen molar-refractivity contribution in [1.29, 1.82) is 0 Å². The maximum atomic E-state index is 12.3. The summed E-state index contributed by atoms with van der Waals surface area (Å²) in [6.07, 6.45) is 5.12. The molecule has 1 aliphatic heterocycles. The van der Waals surface area contributed by atoms with Crippen LogP contribution in [0.15, 0.2) is 12.1 Å². The molecule has 1 aromatic rings. The second-order valence-electron chi connectivity index (χ2n) is 6.07. The van der Waals surface area contributed by atoms with Crippen molar-refractivity contribution in [2.24, 2.45) is 0 Å². The number of aromatic nitrogens is 1. The van der Waals surface area contributed by atoms with Crippen molar-refractivity contribution in [3.8, 4) is 0 Å². The van der Waals surface area contributed by atoms with Gasteiger partial charge in [-0.05, 0) is 31.4 Å². The summed E-state index contributed by atoms with van der Waals surface area (Å²) < 4.78 is 0. The van der Waals surface area contributed by atoms with Crippen molar-refractivity contribution in [2.75, 3.05) is 6.54 Å². The van der Waals surface area contributed by atoms with Crippen LogP contribution in [0.3, 0.4) is 0 Å². The largest absolute Gasteiger partial charge is 0.338 e. The molecule has 126 valence electrons. The van der Waals surface area contributed by atoms with Crippen LogP contribution in [0.25, 0.3) is 0 Å². The third-order valence-corrected chi connectivity index (χ3v) is 4.21. The number of hydrogen-bond acceptors (Lipinski definition) is 4. The molecular weight excluding hydrogens is 294 g/mol. The standard InChI is InChI=1S/C17H25N3O3/c1-13-8-9-14-12-20(11-10-15(14)18-13)17(22)7-5-3-2-4-6-16(21)19-23/h8-9,23H,2-7,10-12H2,1H3,(H,19,21). The van der Waals surface area contributed by atoms with Gasteiger partial charge in [0.15, 0.2) is 0 Å². The highest BCUT2D eigenvalue weighted by Crippen LogP contribution is 2.19. The zero-order valence-electron chi connectivity index (χ0n) is 13.7. The fourth-order valence-corrected chi connectivity index (χ4v) is 2.87. The molecule has 2 N–H and O–H groups in total. The molecule has 0 unspecified atom stereocenters. The average molecular weight is 319 g/mol. The third-order valence-electron chi connectivity index (χ3n) is 4.21. The summed E-state index contributed by atoms with van der Waals surface area (Å²) in [4.78, 5) is 29.6. The Balaban J connectivity index is 1.67. The summed E-state index contributed by atoms with van der Waals surface area (Å²) in [5.41, 5.74) is 4.93. The van der Waals surface area contributed by atoms with E-state index in [1.807, 2.05) is 17.9 Å². The van der Waals surface area contributed by atoms with Gasteiger partial charge in [0.25, 0.3) is 0 Å². The van der Waals surface area contributed by atoms with Crippen LogP contribution in [0, 0.1) is 6.92 Å². The number of nitrogens with one attached hydrogen (secondary N) is 1. The average Bonchev–Trinajstić information content (AvgIpc) is 2.56. The molecule has 6 nitrogen and oxygen atoms in total. The molecular formula is C17H25N3O3. The van der Waals surface area contributed by atoms with Crippen LogP contribution in [0.2, 0.25) is 0 Å². The summed E-state index contributed by atoms with van der Waals surface area (Å²) in [6, 6.07) is 4.07. The van der Waals surface area contributed by atoms with E-state index in [2.05, 4.69) is 11.1 Å². The van der Waals surface area contributed by atoms with Crippen molar-refractivity contribution in [3.05, 3.63) is 29.1 Å². The Labute approximate surface area is 136 Å². The molecule has 0 bridgehead atoms. The van der Waals surface area contributed by atoms with E-state index in [-0.39, 0.29) is 11.8 Å². The number of fused-ring (bicyclic) bond motifs is 1. The van der Waals surface area contributed by atoms with Crippen LogP contribution >= 0.6 is 0 Å². The van der Waals surface area contributed by atoms with Gasteiger partial charge in [-0.25, -0.2) is 5.48 Å². The summed E-state index contributed by atoms with van der Waals surface area (Å²) in [5.74, 6) is -0.152. The quantitative estimate of drug-likeness (QED) is 0.458. The topological polar surface area (TPSA) is 82.5 Å². The number of rotatable bonds is 7. The molecule has 0 saturated carbocycles. The van der Waals surface area contributed by atoms with Gasteiger partial charge < -0.3 is 4.90 Å². The summed E-state index contributed by atoms with van der Waals surface area (Å²) in [6.45, 7) is 3.40. The van der Waals surface area contributed by atoms with Gasteiger partial charge in [-0.2, -0.15) is 0 Å². The van der Waals surface area contributed by atoms with Gasteiger partial charge in [-0.15, -0.1) is 0 Å². The van der Waals surface area contributed by atoms with Gasteiger partial charge in [0.05, 0.1) is 0 Å². The molecule has 0 spiro atoms. The van der Waals surface area contributed by atoms with Crippen molar-refractivity contribution >= 4 is 11.8 Å². The number of unbranched alkanes of at least 4 members (excludes halogenated alkanes) is 3. The monoisotopic (exact) mass is 319 g/mol. The normalized spacial score (nSPS) is 13.6. The summed E-state index contributed by atoms with van der Waals surface area (Å²) in [5, 5.41) is 8.39. The number of pyridine rings is 1. The molecule has 0 fully saturated rings. The number of carbonyl (C=O) groups is 2. The van der Waals surface area contributed by atoms with Crippen molar-refractivity contribution in [3.63, 3.8) is 0 Å². The van der Waals surface area contributed by atoms with E-state index in [1.165, 1.54) is 0 Å². The fourth-order valence-electron chi connectivity index (χ4n) is 2.87. The molecule has 2 heterocycles. The number of aryl methyl sites for hydroxylation is 1. The smallest absolute Gasteiger partial charge is 0.243 e. The minimum Gasteiger partial charge on any atom is -0.338 e. The van der Waals surface area contributed by atoms with E-state index < -0.39 is 0 Å². The predicted octanol–water partition coefficient (Wildman–Crippen LogP) is 2.12. The lowest BCUT2D eigenvalue weighted by Gasteiger charge is -2.28. The van der Waals surface area contributed by atoms with Gasteiger partial charge >= 0.3 is 0 Å². The van der Waals surface area contributed by atoms with Crippen molar-refractivity contribution in [2.45, 2.75) is 58.4 Å². The zero-order valence-corrected chi connectivity index (χ0v) is 13.7. The number of nitrogens with zero attached hydrogens (tertiary/aromatic N) is 2. The third kappa shape index (κ3) is 5.32. The predicted molar refractivity (Wildman–Crippen MR) is 85.7 cm³/mol. The first-order valence-corrected chi connectivity index (χ1v) is 8.26. The second kappa shape index (κ2) is 8.62. The molecule has 0 aliphatic carbocycles. The SMILES string of the molecule is Cc1ccc2c(n1)CCN(C(=O)CCCCCCC(=O)NO)C2. The fraction of sp³-hybridized carbons (Fsp3) is 0.588. The first-order valence-electron chi connectivity index (χ1n) is 8.26. The minimum absolute atomic E-state index is 0.198. The van der Waals surface area contributed by atoms with Gasteiger partial charge in [-0.1, -0.05) is 18.9 Å². The second-order valence-corrected chi connectivity index (χ2v) is 6.07. The van der Waals surface area contributed by atoms with E-state index in [4.69, 9.17) is 5.21 Å². The molecule has 0 aromatic carbocycles. The van der Waals surface area contributed by atoms with Crippen LogP contribution < -0.4 is 5.48 Å². The van der Waals surface area contributed by atoms with Crippen molar-refractivity contribution < 1.29 is 14.8 Å². The molecule has 2 rings (SSSR count). The van der Waals surface area contributed by atoms with Gasteiger partial charge in [-0.3, -0.25) is 19.8 Å². The first-order chi connectivity index (χ1) is 11.1. The zero-order chi connectivity index (χ0) is 16.7. The van der Waals surface area contributed by atoms with E-state index in [0.29, 0.717) is 19.4 Å². The number of hydrogen-bond donors (Lipinski definition) is 2. The molecule has 0 saturated heterocycles. The summed E-state index contributed by atoms with van der Waals surface area (Å²) >= 11 is 0.